The number of carbonyl (C=O) groups excluding carboxylic acids is 2. The summed E-state index contributed by atoms with van der Waals surface area (Å²) < 4.78 is 14.6. The van der Waals surface area contributed by atoms with E-state index in [-0.39, 0.29) is 18.1 Å². The average Bonchev–Trinajstić information content (AvgIpc) is 2.85. The molecule has 0 atom stereocenters. The molecule has 0 spiro atoms. The monoisotopic (exact) mass is 281 g/mol. The van der Waals surface area contributed by atoms with Gasteiger partial charge in [0.2, 0.25) is 0 Å². The number of ether oxygens (including phenoxy) is 1. The third kappa shape index (κ3) is 3.72. The normalized spacial score (nSPS) is 10.4. The Labute approximate surface area is 113 Å². The largest absolute Gasteiger partial charge is 0.469 e. The van der Waals surface area contributed by atoms with Crippen LogP contribution in [0.4, 0.5) is 0 Å². The molecule has 100 valence electrons. The molecule has 1 aromatic carbocycles. The van der Waals surface area contributed by atoms with Crippen molar-refractivity contribution in [3.05, 3.63) is 24.3 Å². The predicted octanol–water partition coefficient (Wildman–Crippen LogP) is 2.33. The van der Waals surface area contributed by atoms with Crippen molar-refractivity contribution in [1.82, 2.24) is 4.98 Å². The summed E-state index contributed by atoms with van der Waals surface area (Å²) in [4.78, 5) is 26.3. The zero-order chi connectivity index (χ0) is 13.7. The second-order valence-corrected chi connectivity index (χ2v) is 4.24. The first kappa shape index (κ1) is 13.4. The molecule has 0 amide bonds. The Bertz CT molecular complexity index is 562. The maximum Gasteiger partial charge on any atom is 0.318 e. The van der Waals surface area contributed by atoms with Crippen LogP contribution in [-0.2, 0) is 18.5 Å². The molecule has 0 aliphatic carbocycles. The fourth-order valence-electron chi connectivity index (χ4n) is 1.32. The highest BCUT2D eigenvalue weighted by atomic mass is 32.2. The van der Waals surface area contributed by atoms with Crippen molar-refractivity contribution in [3.63, 3.8) is 0 Å². The van der Waals surface area contributed by atoms with Gasteiger partial charge in [0.25, 0.3) is 5.22 Å². The van der Waals surface area contributed by atoms with Gasteiger partial charge < -0.3 is 13.3 Å². The molecule has 0 aliphatic rings. The molecule has 0 unspecified atom stereocenters. The summed E-state index contributed by atoms with van der Waals surface area (Å²) in [5.41, 5.74) is 1.31. The molecule has 2 rings (SSSR count). The van der Waals surface area contributed by atoms with E-state index >= 15 is 0 Å². The number of methoxy groups -OCH3 is 1. The predicted molar refractivity (Wildman–Crippen MR) is 67.2 cm³/mol. The van der Waals surface area contributed by atoms with Crippen LogP contribution in [0, 0.1) is 0 Å². The van der Waals surface area contributed by atoms with Crippen molar-refractivity contribution in [1.29, 1.82) is 0 Å². The fourth-order valence-corrected chi connectivity index (χ4v) is 1.82. The minimum Gasteiger partial charge on any atom is -0.469 e. The Morgan fingerprint density at radius 2 is 2.00 bits per heavy atom. The first-order chi connectivity index (χ1) is 9.19. The first-order valence-corrected chi connectivity index (χ1v) is 6.23. The summed E-state index contributed by atoms with van der Waals surface area (Å²) in [5.74, 6) is -0.985. The van der Waals surface area contributed by atoms with Crippen LogP contribution in [0.25, 0.3) is 11.1 Å². The van der Waals surface area contributed by atoms with Crippen molar-refractivity contribution >= 4 is 35.1 Å². The van der Waals surface area contributed by atoms with E-state index in [0.29, 0.717) is 11.1 Å². The lowest BCUT2D eigenvalue weighted by Crippen LogP contribution is -2.05. The van der Waals surface area contributed by atoms with Crippen LogP contribution in [0.15, 0.2) is 33.9 Å². The van der Waals surface area contributed by atoms with Crippen molar-refractivity contribution in [2.45, 2.75) is 18.1 Å². The highest BCUT2D eigenvalue weighted by Crippen LogP contribution is 2.24. The SMILES string of the molecule is COC(=O)CCC(=O)OSc1nc2ccccc2o1. The van der Waals surface area contributed by atoms with E-state index in [0.717, 1.165) is 12.0 Å². The van der Waals surface area contributed by atoms with Gasteiger partial charge in [0, 0.05) is 0 Å². The molecule has 1 heterocycles. The van der Waals surface area contributed by atoms with Gasteiger partial charge in [0.15, 0.2) is 17.6 Å². The van der Waals surface area contributed by atoms with Gasteiger partial charge in [0.05, 0.1) is 20.0 Å². The number of esters is 1. The molecule has 1 aromatic heterocycles. The number of hydrogen-bond acceptors (Lipinski definition) is 7. The number of carbonyl (C=O) groups is 2. The van der Waals surface area contributed by atoms with Gasteiger partial charge in [-0.3, -0.25) is 9.59 Å². The highest BCUT2D eigenvalue weighted by Gasteiger charge is 2.12. The summed E-state index contributed by atoms with van der Waals surface area (Å²) in [6, 6.07) is 7.22. The van der Waals surface area contributed by atoms with Gasteiger partial charge in [0.1, 0.15) is 5.52 Å². The molecule has 0 bridgehead atoms. The molecule has 0 aliphatic heterocycles. The van der Waals surface area contributed by atoms with Crippen LogP contribution in [-0.4, -0.2) is 24.0 Å². The molecule has 7 heteroatoms. The lowest BCUT2D eigenvalue weighted by molar-refractivity contribution is -0.144. The van der Waals surface area contributed by atoms with Crippen LogP contribution >= 0.6 is 12.0 Å². The van der Waals surface area contributed by atoms with Gasteiger partial charge in [-0.1, -0.05) is 12.1 Å². The number of nitrogens with zero attached hydrogens (tertiary/aromatic N) is 1. The Morgan fingerprint density at radius 3 is 2.74 bits per heavy atom. The van der Waals surface area contributed by atoms with Gasteiger partial charge in [-0.2, -0.15) is 0 Å². The minimum atomic E-state index is -0.530. The maximum absolute atomic E-state index is 11.3. The van der Waals surface area contributed by atoms with E-state index in [1.165, 1.54) is 7.11 Å². The third-order valence-corrected chi connectivity index (χ3v) is 2.83. The van der Waals surface area contributed by atoms with Crippen molar-refractivity contribution in [2.75, 3.05) is 7.11 Å². The lowest BCUT2D eigenvalue weighted by atomic mass is 10.3. The van der Waals surface area contributed by atoms with Gasteiger partial charge in [-0.15, -0.1) is 0 Å². The molecule has 0 radical (unpaired) electrons. The van der Waals surface area contributed by atoms with E-state index < -0.39 is 11.9 Å². The minimum absolute atomic E-state index is 0.0105. The van der Waals surface area contributed by atoms with E-state index in [9.17, 15) is 9.59 Å². The fraction of sp³-hybridized carbons (Fsp3) is 0.250. The Hall–Kier alpha value is -2.02. The third-order valence-electron chi connectivity index (χ3n) is 2.24. The number of aromatic nitrogens is 1. The van der Waals surface area contributed by atoms with Gasteiger partial charge in [-0.05, 0) is 12.1 Å². The van der Waals surface area contributed by atoms with Crippen molar-refractivity contribution in [3.8, 4) is 0 Å². The summed E-state index contributed by atoms with van der Waals surface area (Å²) >= 11 is 0.734. The van der Waals surface area contributed by atoms with E-state index in [1.54, 1.807) is 12.1 Å². The Kier molecular flexibility index (Phi) is 4.40. The van der Waals surface area contributed by atoms with Gasteiger partial charge in [-0.25, -0.2) is 4.98 Å². The number of hydrogen-bond donors (Lipinski definition) is 0. The summed E-state index contributed by atoms with van der Waals surface area (Å²) in [5, 5.41) is 0.243. The topological polar surface area (TPSA) is 78.6 Å². The lowest BCUT2D eigenvalue weighted by Gasteiger charge is -1.99. The zero-order valence-electron chi connectivity index (χ0n) is 10.1. The van der Waals surface area contributed by atoms with Gasteiger partial charge >= 0.3 is 11.9 Å². The molecule has 0 saturated heterocycles. The molecule has 19 heavy (non-hydrogen) atoms. The number of fused-ring (bicyclic) bond motifs is 1. The molecule has 0 saturated carbocycles. The smallest absolute Gasteiger partial charge is 0.318 e. The van der Waals surface area contributed by atoms with E-state index in [1.807, 2.05) is 12.1 Å². The van der Waals surface area contributed by atoms with Crippen molar-refractivity contribution < 1.29 is 22.9 Å². The molecule has 6 nitrogen and oxygen atoms in total. The molecular weight excluding hydrogens is 270 g/mol. The molecule has 0 N–H and O–H groups in total. The number of benzene rings is 1. The zero-order valence-corrected chi connectivity index (χ0v) is 10.9. The highest BCUT2D eigenvalue weighted by molar-refractivity contribution is 7.94. The van der Waals surface area contributed by atoms with Crippen LogP contribution in [0.1, 0.15) is 12.8 Å². The van der Waals surface area contributed by atoms with Crippen molar-refractivity contribution in [2.24, 2.45) is 0 Å². The number of rotatable bonds is 5. The van der Waals surface area contributed by atoms with Crippen LogP contribution < -0.4 is 0 Å². The maximum atomic E-state index is 11.3. The standard InChI is InChI=1S/C12H11NO5S/c1-16-10(14)6-7-11(15)18-19-12-13-8-4-2-3-5-9(8)17-12/h2-5H,6-7H2,1H3. The molecule has 2 aromatic rings. The number of para-hydroxylation sites is 2. The second kappa shape index (κ2) is 6.24. The Morgan fingerprint density at radius 1 is 1.26 bits per heavy atom. The van der Waals surface area contributed by atoms with Crippen LogP contribution in [0.3, 0.4) is 0 Å². The molecule has 0 fully saturated rings. The van der Waals surface area contributed by atoms with Crippen LogP contribution in [0.2, 0.25) is 0 Å². The summed E-state index contributed by atoms with van der Waals surface area (Å²) in [7, 11) is 1.26. The van der Waals surface area contributed by atoms with E-state index in [4.69, 9.17) is 8.60 Å². The first-order valence-electron chi connectivity index (χ1n) is 5.49. The number of oxazole rings is 1. The van der Waals surface area contributed by atoms with Crippen LogP contribution in [0.5, 0.6) is 0 Å². The summed E-state index contributed by atoms with van der Waals surface area (Å²) in [6.45, 7) is 0. The Balaban J connectivity index is 1.84. The second-order valence-electron chi connectivity index (χ2n) is 3.56. The summed E-state index contributed by atoms with van der Waals surface area (Å²) in [6.07, 6.45) is -0.0522. The average molecular weight is 281 g/mol. The molecular formula is C12H11NO5S. The van der Waals surface area contributed by atoms with E-state index in [2.05, 4.69) is 9.72 Å². The quantitative estimate of drug-likeness (QED) is 0.614.